The maximum atomic E-state index is 11.7. The van der Waals surface area contributed by atoms with Crippen LogP contribution < -0.4 is 5.30 Å². The molecule has 0 fully saturated rings. The first-order valence-electron chi connectivity index (χ1n) is 10.4. The van der Waals surface area contributed by atoms with Crippen LogP contribution in [0.2, 0.25) is 0 Å². The predicted octanol–water partition coefficient (Wildman–Crippen LogP) is 5.68. The molecule has 1 aromatic carbocycles. The van der Waals surface area contributed by atoms with Crippen molar-refractivity contribution in [1.82, 2.24) is 0 Å². The number of rotatable bonds is 13. The molecule has 27 heavy (non-hydrogen) atoms. The van der Waals surface area contributed by atoms with E-state index in [1.807, 2.05) is 0 Å². The van der Waals surface area contributed by atoms with Crippen molar-refractivity contribution in [3.8, 4) is 0 Å². The standard InChI is InChI=1S/C22H37O4P/c1-5-9-12-27(8-4,13-10-6-2,14-11-7-3)20-16-18(21(23)24)15-19(17-20)22(25)26/h15-17H,5-14H2,1-4H3,(H,23,24)(H,25,26). The molecule has 0 aliphatic heterocycles. The third-order valence-corrected chi connectivity index (χ3v) is 14.1. The van der Waals surface area contributed by atoms with Gasteiger partial charge in [0.05, 0.1) is 0 Å². The Bertz CT molecular complexity index is 597. The normalized spacial score (nSPS) is 13.1. The van der Waals surface area contributed by atoms with Gasteiger partial charge in [0, 0.05) is 0 Å². The summed E-state index contributed by atoms with van der Waals surface area (Å²) in [4.78, 5) is 23.4. The van der Waals surface area contributed by atoms with Crippen LogP contribution in [0, 0.1) is 0 Å². The molecule has 0 aliphatic carbocycles. The van der Waals surface area contributed by atoms with Crippen LogP contribution in [0.3, 0.4) is 0 Å². The summed E-state index contributed by atoms with van der Waals surface area (Å²) in [5, 5.41) is 20.2. The molecule has 5 heteroatoms. The Balaban J connectivity index is 3.78. The van der Waals surface area contributed by atoms with Gasteiger partial charge in [0.15, 0.2) is 0 Å². The fourth-order valence-corrected chi connectivity index (χ4v) is 11.5. The van der Waals surface area contributed by atoms with Crippen molar-refractivity contribution >= 4 is 23.8 Å². The average Bonchev–Trinajstić information content (AvgIpc) is 2.68. The minimum atomic E-state index is -2.44. The van der Waals surface area contributed by atoms with E-state index >= 15 is 0 Å². The Morgan fingerprint density at radius 3 is 1.37 bits per heavy atom. The van der Waals surface area contributed by atoms with E-state index in [9.17, 15) is 19.8 Å². The van der Waals surface area contributed by atoms with Crippen LogP contribution in [0.4, 0.5) is 0 Å². The molecule has 0 amide bonds. The Kier molecular flexibility index (Phi) is 8.94. The molecule has 0 bridgehead atoms. The van der Waals surface area contributed by atoms with Crippen molar-refractivity contribution in [2.75, 3.05) is 24.6 Å². The van der Waals surface area contributed by atoms with Crippen LogP contribution in [-0.2, 0) is 0 Å². The van der Waals surface area contributed by atoms with E-state index in [-0.39, 0.29) is 11.1 Å². The van der Waals surface area contributed by atoms with E-state index in [4.69, 9.17) is 0 Å². The second-order valence-corrected chi connectivity index (χ2v) is 14.3. The Morgan fingerprint density at radius 1 is 0.741 bits per heavy atom. The second kappa shape index (κ2) is 10.2. The van der Waals surface area contributed by atoms with E-state index in [0.717, 1.165) is 68.5 Å². The monoisotopic (exact) mass is 396 g/mol. The molecule has 1 aromatic rings. The zero-order valence-corrected chi connectivity index (χ0v) is 18.4. The first kappa shape index (κ1) is 23.6. The van der Waals surface area contributed by atoms with Crippen LogP contribution in [-0.4, -0.2) is 46.8 Å². The van der Waals surface area contributed by atoms with Gasteiger partial charge in [0.2, 0.25) is 0 Å². The van der Waals surface area contributed by atoms with Gasteiger partial charge in [-0.1, -0.05) is 0 Å². The predicted molar refractivity (Wildman–Crippen MR) is 117 cm³/mol. The molecule has 0 spiro atoms. The zero-order chi connectivity index (χ0) is 20.5. The summed E-state index contributed by atoms with van der Waals surface area (Å²) in [6.45, 7) is 6.38. The van der Waals surface area contributed by atoms with Crippen LogP contribution in [0.25, 0.3) is 0 Å². The molecule has 0 saturated carbocycles. The van der Waals surface area contributed by atoms with Crippen molar-refractivity contribution in [3.05, 3.63) is 29.3 Å². The molecule has 0 atom stereocenters. The molecule has 0 heterocycles. The van der Waals surface area contributed by atoms with Crippen molar-refractivity contribution < 1.29 is 19.8 Å². The number of carbonyl (C=O) groups is 2. The Labute approximate surface area is 164 Å². The van der Waals surface area contributed by atoms with Gasteiger partial charge in [-0.3, -0.25) is 0 Å². The van der Waals surface area contributed by atoms with Crippen molar-refractivity contribution in [2.24, 2.45) is 0 Å². The fraction of sp³-hybridized carbons (Fsp3) is 0.636. The molecule has 2 N–H and O–H groups in total. The van der Waals surface area contributed by atoms with Crippen LogP contribution in [0.5, 0.6) is 0 Å². The van der Waals surface area contributed by atoms with E-state index in [0.29, 0.717) is 0 Å². The van der Waals surface area contributed by atoms with Gasteiger partial charge in [0.1, 0.15) is 0 Å². The fourth-order valence-electron chi connectivity index (χ4n) is 4.32. The zero-order valence-electron chi connectivity index (χ0n) is 17.5. The maximum absolute atomic E-state index is 11.7. The van der Waals surface area contributed by atoms with Crippen LogP contribution in [0.15, 0.2) is 18.2 Å². The van der Waals surface area contributed by atoms with E-state index in [1.165, 1.54) is 6.07 Å². The van der Waals surface area contributed by atoms with E-state index in [1.54, 1.807) is 12.1 Å². The molecule has 154 valence electrons. The molecule has 0 aliphatic rings. The van der Waals surface area contributed by atoms with Crippen molar-refractivity contribution in [1.29, 1.82) is 0 Å². The third-order valence-electron chi connectivity index (χ3n) is 6.26. The van der Waals surface area contributed by atoms with Gasteiger partial charge in [-0.15, -0.1) is 0 Å². The van der Waals surface area contributed by atoms with Gasteiger partial charge in [-0.05, 0) is 0 Å². The Hall–Kier alpha value is -1.41. The van der Waals surface area contributed by atoms with Gasteiger partial charge >= 0.3 is 164 Å². The minimum absolute atomic E-state index is 0.108. The van der Waals surface area contributed by atoms with Gasteiger partial charge in [-0.2, -0.15) is 0 Å². The Morgan fingerprint density at radius 2 is 1.11 bits per heavy atom. The van der Waals surface area contributed by atoms with Crippen LogP contribution in [0.1, 0.15) is 86.9 Å². The second-order valence-electron chi connectivity index (χ2n) is 7.90. The number of aromatic carboxylic acids is 2. The quantitative estimate of drug-likeness (QED) is 0.421. The van der Waals surface area contributed by atoms with Gasteiger partial charge in [-0.25, -0.2) is 0 Å². The average molecular weight is 397 g/mol. The summed E-state index contributed by atoms with van der Waals surface area (Å²) < 4.78 is 0. The topological polar surface area (TPSA) is 74.6 Å². The first-order valence-corrected chi connectivity index (χ1v) is 13.4. The van der Waals surface area contributed by atoms with Crippen molar-refractivity contribution in [3.63, 3.8) is 0 Å². The van der Waals surface area contributed by atoms with E-state index in [2.05, 4.69) is 27.7 Å². The molecule has 0 saturated heterocycles. The summed E-state index contributed by atoms with van der Waals surface area (Å²) in [7, 11) is 0. The summed E-state index contributed by atoms with van der Waals surface area (Å²) in [6, 6.07) is 4.91. The molecule has 1 rings (SSSR count). The molecule has 0 radical (unpaired) electrons. The number of hydrogen-bond donors (Lipinski definition) is 2. The van der Waals surface area contributed by atoms with Gasteiger partial charge < -0.3 is 0 Å². The SMILES string of the molecule is CCCCP(CC)(CCCC)(CCCC)c1cc(C(=O)O)cc(C(=O)O)c1. The molecular weight excluding hydrogens is 359 g/mol. The number of carboxylic acid groups (broad SMARTS) is 2. The number of carboxylic acids is 2. The van der Waals surface area contributed by atoms with Crippen molar-refractivity contribution in [2.45, 2.75) is 66.2 Å². The molecule has 4 nitrogen and oxygen atoms in total. The number of unbranched alkanes of at least 4 members (excludes halogenated alkanes) is 3. The molecule has 0 unspecified atom stereocenters. The van der Waals surface area contributed by atoms with Gasteiger partial charge in [0.25, 0.3) is 0 Å². The number of benzene rings is 1. The molecular formula is C22H37O4P. The third kappa shape index (κ3) is 5.31. The number of hydrogen-bond acceptors (Lipinski definition) is 2. The summed E-state index contributed by atoms with van der Waals surface area (Å²) in [5.74, 6) is -2.10. The molecule has 0 aromatic heterocycles. The summed E-state index contributed by atoms with van der Waals surface area (Å²) >= 11 is 0. The summed E-state index contributed by atoms with van der Waals surface area (Å²) in [6.07, 6.45) is 10.9. The summed E-state index contributed by atoms with van der Waals surface area (Å²) in [5.41, 5.74) is 0.216. The van der Waals surface area contributed by atoms with Crippen LogP contribution >= 0.6 is 6.60 Å². The first-order chi connectivity index (χ1) is 12.8. The van der Waals surface area contributed by atoms with E-state index < -0.39 is 18.5 Å².